The van der Waals surface area contributed by atoms with Crippen molar-refractivity contribution < 1.29 is 14.3 Å². The molecule has 4 aromatic rings. The lowest BCUT2D eigenvalue weighted by Gasteiger charge is -2.32. The average Bonchev–Trinajstić information content (AvgIpc) is 3.35. The van der Waals surface area contributed by atoms with Gasteiger partial charge in [-0.05, 0) is 58.0 Å². The Hall–Kier alpha value is -4.13. The number of cyclic esters (lactones) is 1. The summed E-state index contributed by atoms with van der Waals surface area (Å²) in [7, 11) is 0. The molecule has 0 saturated carbocycles. The van der Waals surface area contributed by atoms with Crippen molar-refractivity contribution >= 4 is 34.2 Å². The lowest BCUT2D eigenvalue weighted by Crippen LogP contribution is -2.33. The second kappa shape index (κ2) is 9.39. The Morgan fingerprint density at radius 3 is 2.54 bits per heavy atom. The average molecular weight is 497 g/mol. The Balaban J connectivity index is 1.92. The van der Waals surface area contributed by atoms with E-state index >= 15 is 0 Å². The molecule has 3 heterocycles. The van der Waals surface area contributed by atoms with E-state index in [1.54, 1.807) is 18.3 Å². The summed E-state index contributed by atoms with van der Waals surface area (Å²) in [5.74, 6) is -0.635. The van der Waals surface area contributed by atoms with Gasteiger partial charge >= 0.3 is 5.97 Å². The highest BCUT2D eigenvalue weighted by molar-refractivity contribution is 5.99. The maximum atomic E-state index is 13.4. The highest BCUT2D eigenvalue weighted by Crippen LogP contribution is 2.52. The number of hydrogen-bond donors (Lipinski definition) is 1. The van der Waals surface area contributed by atoms with Gasteiger partial charge in [-0.3, -0.25) is 9.78 Å². The summed E-state index contributed by atoms with van der Waals surface area (Å²) in [6.45, 7) is 12.2. The van der Waals surface area contributed by atoms with Crippen LogP contribution in [0.25, 0.3) is 10.9 Å². The van der Waals surface area contributed by atoms with E-state index in [2.05, 4.69) is 54.6 Å². The van der Waals surface area contributed by atoms with Gasteiger partial charge in [0, 0.05) is 66.2 Å². The first-order chi connectivity index (χ1) is 17.9. The molecule has 1 aliphatic heterocycles. The number of hydrogen-bond acceptors (Lipinski definition) is 5. The van der Waals surface area contributed by atoms with Crippen LogP contribution in [0, 0.1) is 6.92 Å². The van der Waals surface area contributed by atoms with Crippen LogP contribution in [0.15, 0.2) is 60.8 Å². The number of carbonyl (C=O) groups is 2. The number of aromatic nitrogens is 2. The normalized spacial score (nSPS) is 16.5. The number of nitrogens with one attached hydrogen (secondary N) is 1. The molecule has 0 radical (unpaired) electrons. The summed E-state index contributed by atoms with van der Waals surface area (Å²) in [6.07, 6.45) is 1.69. The van der Waals surface area contributed by atoms with Gasteiger partial charge in [0.05, 0.1) is 11.3 Å². The van der Waals surface area contributed by atoms with Crippen LogP contribution in [0.2, 0.25) is 0 Å². The van der Waals surface area contributed by atoms with Gasteiger partial charge in [0.15, 0.2) is 0 Å². The van der Waals surface area contributed by atoms with Gasteiger partial charge in [0.25, 0.3) is 0 Å². The van der Waals surface area contributed by atoms with Gasteiger partial charge in [-0.25, -0.2) is 4.79 Å². The smallest absolute Gasteiger partial charge is 0.341 e. The van der Waals surface area contributed by atoms with Crippen LogP contribution in [0.5, 0.6) is 0 Å². The number of anilines is 2. The van der Waals surface area contributed by atoms with Crippen molar-refractivity contribution in [3.05, 3.63) is 88.9 Å². The van der Waals surface area contributed by atoms with E-state index in [1.165, 1.54) is 6.92 Å². The van der Waals surface area contributed by atoms with Gasteiger partial charge in [-0.1, -0.05) is 24.3 Å². The Morgan fingerprint density at radius 1 is 1.08 bits per heavy atom. The summed E-state index contributed by atoms with van der Waals surface area (Å²) in [4.78, 5) is 32.8. The van der Waals surface area contributed by atoms with E-state index in [-0.39, 0.29) is 5.91 Å². The Kier molecular flexibility index (Phi) is 6.23. The first kappa shape index (κ1) is 24.6. The highest BCUT2D eigenvalue weighted by Gasteiger charge is 2.53. The number of fused-ring (bicyclic) bond motifs is 2. The van der Waals surface area contributed by atoms with Crippen LogP contribution < -0.4 is 10.2 Å². The number of aryl methyl sites for hydroxylation is 1. The lowest BCUT2D eigenvalue weighted by molar-refractivity contribution is -0.114. The van der Waals surface area contributed by atoms with Gasteiger partial charge in [0.2, 0.25) is 11.5 Å². The molecule has 0 fully saturated rings. The third-order valence-corrected chi connectivity index (χ3v) is 7.33. The number of pyridine rings is 1. The van der Waals surface area contributed by atoms with E-state index in [0.29, 0.717) is 22.5 Å². The summed E-state index contributed by atoms with van der Waals surface area (Å²) in [5, 5.41) is 4.01. The first-order valence-corrected chi connectivity index (χ1v) is 12.8. The molecular weight excluding hydrogens is 464 g/mol. The summed E-state index contributed by atoms with van der Waals surface area (Å²) < 4.78 is 8.66. The Labute approximate surface area is 217 Å². The van der Waals surface area contributed by atoms with E-state index in [9.17, 15) is 9.59 Å². The zero-order valence-electron chi connectivity index (χ0n) is 22.0. The zero-order chi connectivity index (χ0) is 26.3. The second-order valence-electron chi connectivity index (χ2n) is 9.28. The van der Waals surface area contributed by atoms with Crippen LogP contribution in [-0.4, -0.2) is 34.5 Å². The number of rotatable bonds is 7. The number of ether oxygens (including phenoxy) is 1. The number of para-hydroxylation sites is 1. The van der Waals surface area contributed by atoms with Gasteiger partial charge in [-0.15, -0.1) is 0 Å². The number of carbonyl (C=O) groups excluding carboxylic acids is 2. The van der Waals surface area contributed by atoms with Gasteiger partial charge in [-0.2, -0.15) is 0 Å². The number of esters is 1. The Morgan fingerprint density at radius 2 is 1.84 bits per heavy atom. The molecule has 2 aromatic carbocycles. The fourth-order valence-electron chi connectivity index (χ4n) is 5.78. The first-order valence-electron chi connectivity index (χ1n) is 12.8. The van der Waals surface area contributed by atoms with Crippen LogP contribution in [0.3, 0.4) is 0 Å². The minimum absolute atomic E-state index is 0.202. The molecule has 0 aliphatic carbocycles. The fourth-order valence-corrected chi connectivity index (χ4v) is 5.78. The van der Waals surface area contributed by atoms with Crippen molar-refractivity contribution in [2.45, 2.75) is 46.8 Å². The summed E-state index contributed by atoms with van der Waals surface area (Å²) in [5.41, 5.74) is 4.76. The van der Waals surface area contributed by atoms with E-state index in [0.717, 1.165) is 47.5 Å². The molecule has 0 bridgehead atoms. The maximum absolute atomic E-state index is 13.4. The third-order valence-electron chi connectivity index (χ3n) is 7.33. The number of benzene rings is 2. The molecule has 5 rings (SSSR count). The van der Waals surface area contributed by atoms with Crippen LogP contribution in [0.4, 0.5) is 11.4 Å². The lowest BCUT2D eigenvalue weighted by atomic mass is 9.80. The molecule has 1 unspecified atom stereocenters. The van der Waals surface area contributed by atoms with Crippen molar-refractivity contribution in [3.63, 3.8) is 0 Å². The van der Waals surface area contributed by atoms with Gasteiger partial charge < -0.3 is 19.5 Å². The SMILES string of the molecule is CCN(CC)c1ccc(C2(c3c(C)n(CC)c4ccccc34)OC(=O)c3cccnc32)c(NC(C)=O)c1. The maximum Gasteiger partial charge on any atom is 0.341 e. The van der Waals surface area contributed by atoms with Crippen LogP contribution in [-0.2, 0) is 21.7 Å². The minimum atomic E-state index is -1.34. The summed E-state index contributed by atoms with van der Waals surface area (Å²) >= 11 is 0. The summed E-state index contributed by atoms with van der Waals surface area (Å²) in [6, 6.07) is 17.6. The topological polar surface area (TPSA) is 76.5 Å². The molecule has 1 amide bonds. The quantitative estimate of drug-likeness (QED) is 0.336. The Bertz CT molecular complexity index is 1520. The van der Waals surface area contributed by atoms with Crippen molar-refractivity contribution in [2.24, 2.45) is 0 Å². The second-order valence-corrected chi connectivity index (χ2v) is 9.28. The standard InChI is InChI=1S/C30H32N4O3/c1-6-33(7-2)21-15-16-24(25(18-21)32-20(5)35)30(28-23(29(36)37-30)13-11-17-31-28)27-19(4)34(8-3)26-14-10-9-12-22(26)27/h9-18H,6-8H2,1-5H3,(H,32,35). The molecule has 1 aliphatic rings. The van der Waals surface area contributed by atoms with Crippen molar-refractivity contribution in [1.82, 2.24) is 9.55 Å². The molecule has 2 aromatic heterocycles. The molecule has 190 valence electrons. The van der Waals surface area contributed by atoms with Crippen molar-refractivity contribution in [2.75, 3.05) is 23.3 Å². The number of nitrogens with zero attached hydrogens (tertiary/aromatic N) is 3. The van der Waals surface area contributed by atoms with Crippen molar-refractivity contribution in [1.29, 1.82) is 0 Å². The van der Waals surface area contributed by atoms with Crippen LogP contribution in [0.1, 0.15) is 60.6 Å². The highest BCUT2D eigenvalue weighted by atomic mass is 16.6. The third kappa shape index (κ3) is 3.68. The number of amides is 1. The van der Waals surface area contributed by atoms with E-state index in [1.807, 2.05) is 30.3 Å². The monoisotopic (exact) mass is 496 g/mol. The largest absolute Gasteiger partial charge is 0.439 e. The molecular formula is C30H32N4O3. The van der Waals surface area contributed by atoms with E-state index in [4.69, 9.17) is 9.72 Å². The van der Waals surface area contributed by atoms with E-state index < -0.39 is 11.6 Å². The fraction of sp³-hybridized carbons (Fsp3) is 0.300. The molecule has 0 saturated heterocycles. The van der Waals surface area contributed by atoms with Crippen LogP contribution >= 0.6 is 0 Å². The van der Waals surface area contributed by atoms with Crippen molar-refractivity contribution in [3.8, 4) is 0 Å². The minimum Gasteiger partial charge on any atom is -0.439 e. The molecule has 7 nitrogen and oxygen atoms in total. The van der Waals surface area contributed by atoms with Gasteiger partial charge in [0.1, 0.15) is 5.69 Å². The molecule has 37 heavy (non-hydrogen) atoms. The predicted molar refractivity (Wildman–Crippen MR) is 146 cm³/mol. The zero-order valence-corrected chi connectivity index (χ0v) is 22.0. The molecule has 0 spiro atoms. The predicted octanol–water partition coefficient (Wildman–Crippen LogP) is 5.63. The molecule has 1 N–H and O–H groups in total. The molecule has 7 heteroatoms. The molecule has 1 atom stereocenters.